The first-order valence-corrected chi connectivity index (χ1v) is 8.21. The molecule has 0 aromatic carbocycles. The van der Waals surface area contributed by atoms with Crippen LogP contribution in [0.15, 0.2) is 0 Å². The Morgan fingerprint density at radius 2 is 1.90 bits per heavy atom. The highest BCUT2D eigenvalue weighted by molar-refractivity contribution is 7.99. The van der Waals surface area contributed by atoms with Crippen LogP contribution in [0.2, 0.25) is 0 Å². The van der Waals surface area contributed by atoms with Gasteiger partial charge in [0.15, 0.2) is 0 Å². The molecule has 0 fully saturated rings. The van der Waals surface area contributed by atoms with Gasteiger partial charge in [0.05, 0.1) is 7.11 Å². The van der Waals surface area contributed by atoms with Gasteiger partial charge in [0, 0.05) is 12.4 Å². The molecule has 0 rings (SSSR count). The minimum absolute atomic E-state index is 0.204. The maximum atomic E-state index is 11.7. The third-order valence-electron chi connectivity index (χ3n) is 2.41. The van der Waals surface area contributed by atoms with Gasteiger partial charge in [-0.1, -0.05) is 6.42 Å². The van der Waals surface area contributed by atoms with Crippen molar-refractivity contribution in [1.29, 1.82) is 0 Å². The Bertz CT molecular complexity index is 317. The summed E-state index contributed by atoms with van der Waals surface area (Å²) in [6, 6.07) is -0.715. The van der Waals surface area contributed by atoms with E-state index in [9.17, 15) is 9.59 Å². The predicted molar refractivity (Wildman–Crippen MR) is 83.4 cm³/mol. The van der Waals surface area contributed by atoms with Gasteiger partial charge in [-0.2, -0.15) is 11.8 Å². The molecule has 0 saturated heterocycles. The monoisotopic (exact) mass is 321 g/mol. The highest BCUT2D eigenvalue weighted by Gasteiger charge is 2.24. The predicted octanol–water partition coefficient (Wildman–Crippen LogP) is 1.95. The van der Waals surface area contributed by atoms with Gasteiger partial charge in [-0.25, -0.2) is 9.59 Å². The van der Waals surface area contributed by atoms with Crippen molar-refractivity contribution in [2.45, 2.75) is 51.7 Å². The molecule has 6 nitrogen and oxygen atoms in total. The third kappa shape index (κ3) is 11.4. The molecule has 2 N–H and O–H groups in total. The highest BCUT2D eigenvalue weighted by Crippen LogP contribution is 2.11. The quantitative estimate of drug-likeness (QED) is 0.499. The molecule has 0 saturated carbocycles. The van der Waals surface area contributed by atoms with Crippen LogP contribution in [-0.4, -0.2) is 54.0 Å². The average Bonchev–Trinajstić information content (AvgIpc) is 2.38. The van der Waals surface area contributed by atoms with Crippen molar-refractivity contribution in [3.8, 4) is 0 Å². The SMILES string of the molecule is COC(=O)[C@H](CSCCCCCO)NC(=O)OC(C)(C)C. The fourth-order valence-corrected chi connectivity index (χ4v) is 2.48. The molecule has 0 unspecified atom stereocenters. The Morgan fingerprint density at radius 3 is 2.43 bits per heavy atom. The molecule has 0 aliphatic heterocycles. The number of esters is 1. The van der Waals surface area contributed by atoms with Crippen LogP contribution >= 0.6 is 11.8 Å². The number of methoxy groups -OCH3 is 1. The van der Waals surface area contributed by atoms with Gasteiger partial charge in [0.25, 0.3) is 0 Å². The van der Waals surface area contributed by atoms with Crippen molar-refractivity contribution in [3.63, 3.8) is 0 Å². The van der Waals surface area contributed by atoms with Crippen LogP contribution in [-0.2, 0) is 14.3 Å². The molecule has 124 valence electrons. The van der Waals surface area contributed by atoms with E-state index in [0.29, 0.717) is 5.75 Å². The number of ether oxygens (including phenoxy) is 2. The molecule has 7 heteroatoms. The van der Waals surface area contributed by atoms with Gasteiger partial charge in [0.1, 0.15) is 11.6 Å². The number of unbranched alkanes of at least 4 members (excludes halogenated alkanes) is 2. The molecule has 0 aliphatic rings. The fraction of sp³-hybridized carbons (Fsp3) is 0.857. The molecule has 0 bridgehead atoms. The van der Waals surface area contributed by atoms with Crippen LogP contribution in [0.5, 0.6) is 0 Å². The Kier molecular flexibility index (Phi) is 10.2. The van der Waals surface area contributed by atoms with E-state index < -0.39 is 23.7 Å². The van der Waals surface area contributed by atoms with E-state index in [1.807, 2.05) is 0 Å². The summed E-state index contributed by atoms with van der Waals surface area (Å²) in [4.78, 5) is 23.3. The Hall–Kier alpha value is -0.950. The molecule has 1 amide bonds. The number of aliphatic hydroxyl groups is 1. The molecule has 0 heterocycles. The number of carbonyl (C=O) groups is 2. The van der Waals surface area contributed by atoms with Gasteiger partial charge < -0.3 is 19.9 Å². The second-order valence-electron chi connectivity index (χ2n) is 5.58. The lowest BCUT2D eigenvalue weighted by atomic mass is 10.2. The van der Waals surface area contributed by atoms with E-state index in [2.05, 4.69) is 10.1 Å². The molecule has 0 spiro atoms. The van der Waals surface area contributed by atoms with Crippen molar-refractivity contribution >= 4 is 23.8 Å². The van der Waals surface area contributed by atoms with Gasteiger partial charge in [-0.3, -0.25) is 0 Å². The van der Waals surface area contributed by atoms with Crippen molar-refractivity contribution in [3.05, 3.63) is 0 Å². The largest absolute Gasteiger partial charge is 0.467 e. The van der Waals surface area contributed by atoms with E-state index in [1.54, 1.807) is 32.5 Å². The number of amides is 1. The Labute approximate surface area is 131 Å². The van der Waals surface area contributed by atoms with E-state index in [1.165, 1.54) is 7.11 Å². The molecule has 0 aliphatic carbocycles. The van der Waals surface area contributed by atoms with Gasteiger partial charge >= 0.3 is 12.1 Å². The number of hydrogen-bond acceptors (Lipinski definition) is 6. The lowest BCUT2D eigenvalue weighted by Crippen LogP contribution is -2.45. The Morgan fingerprint density at radius 1 is 1.24 bits per heavy atom. The standard InChI is InChI=1S/C14H27NO5S/c1-14(2,3)20-13(18)15-11(12(17)19-4)10-21-9-7-5-6-8-16/h11,16H,5-10H2,1-4H3,(H,15,18)/t11-/m0/s1. The summed E-state index contributed by atoms with van der Waals surface area (Å²) < 4.78 is 9.81. The number of carbonyl (C=O) groups excluding carboxylic acids is 2. The topological polar surface area (TPSA) is 84.9 Å². The second kappa shape index (κ2) is 10.7. The summed E-state index contributed by atoms with van der Waals surface area (Å²) in [7, 11) is 1.29. The second-order valence-corrected chi connectivity index (χ2v) is 6.73. The van der Waals surface area contributed by atoms with Crippen LogP contribution < -0.4 is 5.32 Å². The number of nitrogens with one attached hydrogen (secondary N) is 1. The summed E-state index contributed by atoms with van der Waals surface area (Å²) in [6.07, 6.45) is 2.08. The summed E-state index contributed by atoms with van der Waals surface area (Å²) in [5.74, 6) is 0.817. The van der Waals surface area contributed by atoms with Crippen LogP contribution in [0.4, 0.5) is 4.79 Å². The van der Waals surface area contributed by atoms with E-state index in [0.717, 1.165) is 25.0 Å². The van der Waals surface area contributed by atoms with Gasteiger partial charge in [-0.05, 0) is 39.4 Å². The number of hydrogen-bond donors (Lipinski definition) is 2. The first kappa shape index (κ1) is 20.1. The van der Waals surface area contributed by atoms with Gasteiger partial charge in [0.2, 0.25) is 0 Å². The van der Waals surface area contributed by atoms with Crippen LogP contribution in [0.3, 0.4) is 0 Å². The minimum atomic E-state index is -0.715. The van der Waals surface area contributed by atoms with Gasteiger partial charge in [-0.15, -0.1) is 0 Å². The van der Waals surface area contributed by atoms with Crippen molar-refractivity contribution in [1.82, 2.24) is 5.32 Å². The maximum absolute atomic E-state index is 11.7. The number of rotatable bonds is 9. The maximum Gasteiger partial charge on any atom is 0.408 e. The van der Waals surface area contributed by atoms with E-state index in [-0.39, 0.29) is 6.61 Å². The van der Waals surface area contributed by atoms with Crippen LogP contribution in [0.25, 0.3) is 0 Å². The van der Waals surface area contributed by atoms with Crippen molar-refractivity contribution in [2.24, 2.45) is 0 Å². The molecule has 0 aromatic heterocycles. The normalized spacial score (nSPS) is 12.6. The molecule has 0 aromatic rings. The summed E-state index contributed by atoms with van der Waals surface area (Å²) >= 11 is 1.56. The number of thioether (sulfide) groups is 1. The summed E-state index contributed by atoms with van der Waals surface area (Å²) in [6.45, 7) is 5.48. The van der Waals surface area contributed by atoms with E-state index in [4.69, 9.17) is 9.84 Å². The Balaban J connectivity index is 4.15. The summed E-state index contributed by atoms with van der Waals surface area (Å²) in [5, 5.41) is 11.2. The average molecular weight is 321 g/mol. The van der Waals surface area contributed by atoms with Crippen LogP contribution in [0.1, 0.15) is 40.0 Å². The summed E-state index contributed by atoms with van der Waals surface area (Å²) in [5.41, 5.74) is -0.609. The first-order chi connectivity index (χ1) is 9.80. The lowest BCUT2D eigenvalue weighted by molar-refractivity contribution is -0.142. The number of alkyl carbamates (subject to hydrolysis) is 1. The fourth-order valence-electron chi connectivity index (χ4n) is 1.45. The zero-order valence-electron chi connectivity index (χ0n) is 13.3. The third-order valence-corrected chi connectivity index (χ3v) is 3.55. The zero-order chi connectivity index (χ0) is 16.3. The van der Waals surface area contributed by atoms with E-state index >= 15 is 0 Å². The highest BCUT2D eigenvalue weighted by atomic mass is 32.2. The molecule has 21 heavy (non-hydrogen) atoms. The number of aliphatic hydroxyl groups excluding tert-OH is 1. The van der Waals surface area contributed by atoms with Crippen molar-refractivity contribution in [2.75, 3.05) is 25.2 Å². The minimum Gasteiger partial charge on any atom is -0.467 e. The molecular weight excluding hydrogens is 294 g/mol. The lowest BCUT2D eigenvalue weighted by Gasteiger charge is -2.22. The smallest absolute Gasteiger partial charge is 0.408 e. The molecule has 0 radical (unpaired) electrons. The zero-order valence-corrected chi connectivity index (χ0v) is 14.1. The molecular formula is C14H27NO5S. The molecule has 1 atom stereocenters. The van der Waals surface area contributed by atoms with Crippen molar-refractivity contribution < 1.29 is 24.2 Å². The first-order valence-electron chi connectivity index (χ1n) is 7.06. The van der Waals surface area contributed by atoms with Crippen LogP contribution in [0, 0.1) is 0 Å².